The molecule has 0 N–H and O–H groups in total. The van der Waals surface area contributed by atoms with E-state index in [9.17, 15) is 4.79 Å². The Hall–Kier alpha value is -1.67. The van der Waals surface area contributed by atoms with E-state index in [1.54, 1.807) is 17.1 Å². The molecular formula is C27H37N3O2. The Morgan fingerprint density at radius 3 is 2.78 bits per heavy atom. The number of carbonyl (C=O) groups excluding carboxylic acids is 1. The SMILES string of the molecule is COCC1CCC2C(CCC3C2CCC2(C)C(C(=O)Cn4cc(C#N)cn4)C4CC4C32)C1. The van der Waals surface area contributed by atoms with Gasteiger partial charge in [0.25, 0.3) is 0 Å². The lowest BCUT2D eigenvalue weighted by Gasteiger charge is -2.57. The summed E-state index contributed by atoms with van der Waals surface area (Å²) in [6.07, 6.45) is 14.0. The van der Waals surface area contributed by atoms with Crippen molar-refractivity contribution in [2.75, 3.05) is 13.7 Å². The number of nitriles is 1. The van der Waals surface area contributed by atoms with E-state index in [1.807, 2.05) is 7.11 Å². The largest absolute Gasteiger partial charge is 0.384 e. The van der Waals surface area contributed by atoms with E-state index in [0.29, 0.717) is 23.8 Å². The number of nitrogens with zero attached hydrogens (tertiary/aromatic N) is 3. The van der Waals surface area contributed by atoms with Crippen molar-refractivity contribution in [2.24, 2.45) is 58.7 Å². The number of hydrogen-bond acceptors (Lipinski definition) is 4. The summed E-state index contributed by atoms with van der Waals surface area (Å²) in [6, 6.07) is 2.12. The van der Waals surface area contributed by atoms with Gasteiger partial charge in [-0.25, -0.2) is 0 Å². The molecule has 1 heterocycles. The van der Waals surface area contributed by atoms with Gasteiger partial charge in [-0.15, -0.1) is 0 Å². The Morgan fingerprint density at radius 2 is 2.00 bits per heavy atom. The van der Waals surface area contributed by atoms with Gasteiger partial charge in [0.1, 0.15) is 6.07 Å². The molecule has 172 valence electrons. The highest BCUT2D eigenvalue weighted by Crippen LogP contribution is 2.74. The van der Waals surface area contributed by atoms with Gasteiger partial charge in [0.15, 0.2) is 5.78 Å². The van der Waals surface area contributed by atoms with E-state index in [2.05, 4.69) is 18.1 Å². The molecule has 1 aromatic rings. The summed E-state index contributed by atoms with van der Waals surface area (Å²) in [5, 5.41) is 13.3. The number of fused-ring (bicyclic) bond motifs is 7. The summed E-state index contributed by atoms with van der Waals surface area (Å²) < 4.78 is 7.17. The highest BCUT2D eigenvalue weighted by Gasteiger charge is 2.70. The van der Waals surface area contributed by atoms with Crippen LogP contribution >= 0.6 is 0 Å². The molecule has 0 spiro atoms. The molecule has 6 rings (SSSR count). The Morgan fingerprint density at radius 1 is 1.16 bits per heavy atom. The molecule has 0 aromatic carbocycles. The lowest BCUT2D eigenvalue weighted by Crippen LogP contribution is -2.51. The standard InChI is InChI=1S/C27H37N3O2/c1-27-8-7-20-19-5-3-16(15-32-2)9-18(19)4-6-21(20)25(27)22-10-23(22)26(27)24(31)14-30-13-17(11-28)12-29-30/h12-13,16,18-23,25-26H,3-10,14-15H2,1-2H3. The summed E-state index contributed by atoms with van der Waals surface area (Å²) in [5.41, 5.74) is 0.715. The van der Waals surface area contributed by atoms with Gasteiger partial charge in [-0.2, -0.15) is 10.4 Å². The van der Waals surface area contributed by atoms with E-state index >= 15 is 0 Å². The summed E-state index contributed by atoms with van der Waals surface area (Å²) in [6.45, 7) is 3.74. The fourth-order valence-electron chi connectivity index (χ4n) is 9.68. The van der Waals surface area contributed by atoms with Crippen LogP contribution in [0.25, 0.3) is 0 Å². The molecule has 5 fully saturated rings. The first-order valence-electron chi connectivity index (χ1n) is 13.0. The number of Topliss-reactive ketones (excluding diaryl/α,β-unsaturated/α-hetero) is 1. The van der Waals surface area contributed by atoms with E-state index in [-0.39, 0.29) is 11.3 Å². The van der Waals surface area contributed by atoms with Crippen LogP contribution in [-0.4, -0.2) is 29.3 Å². The summed E-state index contributed by atoms with van der Waals surface area (Å²) >= 11 is 0. The lowest BCUT2D eigenvalue weighted by molar-refractivity contribution is -0.134. The Labute approximate surface area is 191 Å². The number of ether oxygens (including phenoxy) is 1. The molecule has 5 nitrogen and oxygen atoms in total. The van der Waals surface area contributed by atoms with Crippen LogP contribution in [0.2, 0.25) is 0 Å². The van der Waals surface area contributed by atoms with Crippen molar-refractivity contribution >= 4 is 5.78 Å². The number of hydrogen-bond donors (Lipinski definition) is 0. The molecule has 0 radical (unpaired) electrons. The van der Waals surface area contributed by atoms with Gasteiger partial charge in [0.2, 0.25) is 0 Å². The van der Waals surface area contributed by atoms with Crippen molar-refractivity contribution < 1.29 is 9.53 Å². The molecule has 5 aliphatic rings. The predicted molar refractivity (Wildman–Crippen MR) is 120 cm³/mol. The van der Waals surface area contributed by atoms with Crippen molar-refractivity contribution in [3.05, 3.63) is 18.0 Å². The second-order valence-corrected chi connectivity index (χ2v) is 12.1. The van der Waals surface area contributed by atoms with Crippen LogP contribution in [0.1, 0.15) is 63.9 Å². The normalized spacial score (nSPS) is 46.3. The second kappa shape index (κ2) is 7.69. The minimum atomic E-state index is 0.178. The highest BCUT2D eigenvalue weighted by molar-refractivity contribution is 5.83. The molecular weight excluding hydrogens is 398 g/mol. The van der Waals surface area contributed by atoms with E-state index in [0.717, 1.165) is 48.0 Å². The molecule has 1 aromatic heterocycles. The predicted octanol–water partition coefficient (Wildman–Crippen LogP) is 4.71. The van der Waals surface area contributed by atoms with Crippen LogP contribution in [-0.2, 0) is 16.1 Å². The Balaban J connectivity index is 1.19. The summed E-state index contributed by atoms with van der Waals surface area (Å²) in [4.78, 5) is 13.5. The molecule has 5 aliphatic carbocycles. The van der Waals surface area contributed by atoms with Gasteiger partial charge in [-0.1, -0.05) is 6.92 Å². The van der Waals surface area contributed by atoms with Crippen LogP contribution in [0.3, 0.4) is 0 Å². The fraction of sp³-hybridized carbons (Fsp3) is 0.815. The zero-order valence-electron chi connectivity index (χ0n) is 19.6. The average Bonchev–Trinajstić information content (AvgIpc) is 3.29. The molecule has 0 aliphatic heterocycles. The number of aromatic nitrogens is 2. The average molecular weight is 436 g/mol. The van der Waals surface area contributed by atoms with Crippen molar-refractivity contribution in [3.63, 3.8) is 0 Å². The second-order valence-electron chi connectivity index (χ2n) is 12.1. The maximum Gasteiger partial charge on any atom is 0.158 e. The summed E-state index contributed by atoms with van der Waals surface area (Å²) in [7, 11) is 1.85. The van der Waals surface area contributed by atoms with Gasteiger partial charge < -0.3 is 4.74 Å². The molecule has 0 amide bonds. The third kappa shape index (κ3) is 3.12. The smallest absolute Gasteiger partial charge is 0.158 e. The topological polar surface area (TPSA) is 67.9 Å². The number of methoxy groups -OCH3 is 1. The lowest BCUT2D eigenvalue weighted by atomic mass is 9.48. The molecule has 10 unspecified atom stereocenters. The molecule has 32 heavy (non-hydrogen) atoms. The quantitative estimate of drug-likeness (QED) is 0.672. The maximum atomic E-state index is 13.5. The van der Waals surface area contributed by atoms with Crippen LogP contribution in [0.4, 0.5) is 0 Å². The molecule has 5 saturated carbocycles. The van der Waals surface area contributed by atoms with Gasteiger partial charge in [-0.3, -0.25) is 9.48 Å². The molecule has 10 atom stereocenters. The van der Waals surface area contributed by atoms with E-state index in [1.165, 1.54) is 51.4 Å². The Kier molecular flexibility index (Phi) is 5.02. The first-order chi connectivity index (χ1) is 15.5. The molecule has 5 heteroatoms. The van der Waals surface area contributed by atoms with Crippen LogP contribution in [0.5, 0.6) is 0 Å². The zero-order chi connectivity index (χ0) is 22.0. The number of carbonyl (C=O) groups is 1. The van der Waals surface area contributed by atoms with Gasteiger partial charge in [-0.05, 0) is 104 Å². The van der Waals surface area contributed by atoms with Gasteiger partial charge in [0, 0.05) is 25.8 Å². The third-order valence-corrected chi connectivity index (χ3v) is 10.7. The highest BCUT2D eigenvalue weighted by atomic mass is 16.5. The van der Waals surface area contributed by atoms with Crippen LogP contribution in [0.15, 0.2) is 12.4 Å². The fourth-order valence-corrected chi connectivity index (χ4v) is 9.68. The van der Waals surface area contributed by atoms with Crippen LogP contribution < -0.4 is 0 Å². The monoisotopic (exact) mass is 435 g/mol. The van der Waals surface area contributed by atoms with E-state index < -0.39 is 0 Å². The summed E-state index contributed by atoms with van der Waals surface area (Å²) in [5.74, 6) is 7.07. The maximum absolute atomic E-state index is 13.5. The van der Waals surface area contributed by atoms with Crippen molar-refractivity contribution in [1.29, 1.82) is 5.26 Å². The zero-order valence-corrected chi connectivity index (χ0v) is 19.6. The third-order valence-electron chi connectivity index (χ3n) is 10.7. The molecule has 0 saturated heterocycles. The van der Waals surface area contributed by atoms with E-state index in [4.69, 9.17) is 10.00 Å². The molecule has 0 bridgehead atoms. The van der Waals surface area contributed by atoms with Crippen LogP contribution in [0, 0.1) is 70.0 Å². The van der Waals surface area contributed by atoms with Gasteiger partial charge >= 0.3 is 0 Å². The first-order valence-corrected chi connectivity index (χ1v) is 13.0. The van der Waals surface area contributed by atoms with Crippen molar-refractivity contribution in [2.45, 2.75) is 64.8 Å². The number of ketones is 1. The van der Waals surface area contributed by atoms with Crippen molar-refractivity contribution in [3.8, 4) is 6.07 Å². The van der Waals surface area contributed by atoms with Gasteiger partial charge in [0.05, 0.1) is 18.3 Å². The Bertz CT molecular complexity index is 934. The minimum absolute atomic E-state index is 0.178. The number of rotatable bonds is 5. The van der Waals surface area contributed by atoms with Crippen molar-refractivity contribution in [1.82, 2.24) is 9.78 Å². The minimum Gasteiger partial charge on any atom is -0.384 e. The first kappa shape index (κ1) is 20.9.